The van der Waals surface area contributed by atoms with Gasteiger partial charge in [0.15, 0.2) is 0 Å². The average molecular weight is 288 g/mol. The lowest BCUT2D eigenvalue weighted by Crippen LogP contribution is -2.26. The summed E-state index contributed by atoms with van der Waals surface area (Å²) < 4.78 is 6.63. The standard InChI is InChI=1S/C13H22ClN3O2/c1-4-19-7-5-6-15-11-8-16-17(9-10(2)3)13(18)12(11)14/h8,10,15H,4-7,9H2,1-3H3. The summed E-state index contributed by atoms with van der Waals surface area (Å²) in [6.07, 6.45) is 2.46. The molecule has 0 unspecified atom stereocenters. The van der Waals surface area contributed by atoms with E-state index in [-0.39, 0.29) is 10.6 Å². The van der Waals surface area contributed by atoms with Gasteiger partial charge in [-0.05, 0) is 19.3 Å². The maximum atomic E-state index is 12.0. The number of nitrogens with zero attached hydrogens (tertiary/aromatic N) is 2. The summed E-state index contributed by atoms with van der Waals surface area (Å²) in [6, 6.07) is 0. The van der Waals surface area contributed by atoms with Gasteiger partial charge in [0.2, 0.25) is 0 Å². The molecule has 6 heteroatoms. The molecule has 0 aliphatic heterocycles. The van der Waals surface area contributed by atoms with Gasteiger partial charge in [-0.2, -0.15) is 5.10 Å². The van der Waals surface area contributed by atoms with E-state index in [2.05, 4.69) is 10.4 Å². The molecule has 0 aliphatic rings. The molecule has 0 fully saturated rings. The van der Waals surface area contributed by atoms with E-state index >= 15 is 0 Å². The molecule has 0 saturated carbocycles. The molecule has 1 rings (SSSR count). The monoisotopic (exact) mass is 287 g/mol. The highest BCUT2D eigenvalue weighted by Gasteiger charge is 2.09. The summed E-state index contributed by atoms with van der Waals surface area (Å²) >= 11 is 6.05. The molecule has 1 aromatic heterocycles. The second-order valence-corrected chi connectivity index (χ2v) is 5.11. The number of rotatable bonds is 8. The van der Waals surface area contributed by atoms with Crippen LogP contribution < -0.4 is 10.9 Å². The zero-order valence-electron chi connectivity index (χ0n) is 11.8. The van der Waals surface area contributed by atoms with Crippen molar-refractivity contribution in [2.24, 2.45) is 5.92 Å². The Morgan fingerprint density at radius 2 is 2.26 bits per heavy atom. The van der Waals surface area contributed by atoms with Crippen LogP contribution in [0.3, 0.4) is 0 Å². The van der Waals surface area contributed by atoms with Gasteiger partial charge in [-0.3, -0.25) is 4.79 Å². The number of nitrogens with one attached hydrogen (secondary N) is 1. The second kappa shape index (κ2) is 8.17. The lowest BCUT2D eigenvalue weighted by molar-refractivity contribution is 0.147. The van der Waals surface area contributed by atoms with Gasteiger partial charge < -0.3 is 10.1 Å². The van der Waals surface area contributed by atoms with Crippen molar-refractivity contribution in [2.75, 3.05) is 25.1 Å². The number of ether oxygens (including phenoxy) is 1. The molecule has 0 spiro atoms. The number of aromatic nitrogens is 2. The molecular formula is C13H22ClN3O2. The number of hydrogen-bond donors (Lipinski definition) is 1. The van der Waals surface area contributed by atoms with Crippen LogP contribution in [0.25, 0.3) is 0 Å². The number of anilines is 1. The molecule has 19 heavy (non-hydrogen) atoms. The molecule has 0 radical (unpaired) electrons. The van der Waals surface area contributed by atoms with Gasteiger partial charge in [-0.15, -0.1) is 0 Å². The van der Waals surface area contributed by atoms with Crippen LogP contribution in [-0.4, -0.2) is 29.5 Å². The quantitative estimate of drug-likeness (QED) is 0.746. The smallest absolute Gasteiger partial charge is 0.287 e. The number of hydrogen-bond acceptors (Lipinski definition) is 4. The number of halogens is 1. The predicted octanol–water partition coefficient (Wildman–Crippen LogP) is 2.39. The van der Waals surface area contributed by atoms with Gasteiger partial charge in [0.1, 0.15) is 5.02 Å². The third kappa shape index (κ3) is 5.20. The minimum atomic E-state index is -0.245. The summed E-state index contributed by atoms with van der Waals surface area (Å²) in [6.45, 7) is 8.71. The van der Waals surface area contributed by atoms with Crippen molar-refractivity contribution >= 4 is 17.3 Å². The van der Waals surface area contributed by atoms with E-state index in [1.165, 1.54) is 4.68 Å². The predicted molar refractivity (Wildman–Crippen MR) is 77.9 cm³/mol. The first-order chi connectivity index (χ1) is 9.06. The molecule has 1 N–H and O–H groups in total. The van der Waals surface area contributed by atoms with Crippen molar-refractivity contribution in [1.82, 2.24) is 9.78 Å². The molecule has 1 aromatic rings. The van der Waals surface area contributed by atoms with Gasteiger partial charge in [-0.1, -0.05) is 25.4 Å². The van der Waals surface area contributed by atoms with Crippen molar-refractivity contribution < 1.29 is 4.74 Å². The van der Waals surface area contributed by atoms with Gasteiger partial charge in [0.25, 0.3) is 5.56 Å². The average Bonchev–Trinajstić information content (AvgIpc) is 2.37. The zero-order chi connectivity index (χ0) is 14.3. The van der Waals surface area contributed by atoms with Crippen molar-refractivity contribution in [2.45, 2.75) is 33.7 Å². The minimum absolute atomic E-state index is 0.201. The summed E-state index contributed by atoms with van der Waals surface area (Å²) in [4.78, 5) is 12.0. The fraction of sp³-hybridized carbons (Fsp3) is 0.692. The summed E-state index contributed by atoms with van der Waals surface area (Å²) in [7, 11) is 0. The van der Waals surface area contributed by atoms with Crippen LogP contribution in [0.1, 0.15) is 27.2 Å². The molecule has 0 aromatic carbocycles. The lowest BCUT2D eigenvalue weighted by atomic mass is 10.2. The maximum absolute atomic E-state index is 12.0. The Morgan fingerprint density at radius 1 is 1.53 bits per heavy atom. The van der Waals surface area contributed by atoms with E-state index in [0.29, 0.717) is 37.9 Å². The SMILES string of the molecule is CCOCCCNc1cnn(CC(C)C)c(=O)c1Cl. The van der Waals surface area contributed by atoms with Gasteiger partial charge in [0.05, 0.1) is 11.9 Å². The molecule has 1 heterocycles. The van der Waals surface area contributed by atoms with E-state index in [0.717, 1.165) is 6.42 Å². The normalized spacial score (nSPS) is 11.0. The molecule has 0 atom stereocenters. The molecule has 5 nitrogen and oxygen atoms in total. The van der Waals surface area contributed by atoms with E-state index in [1.807, 2.05) is 20.8 Å². The summed E-state index contributed by atoms with van der Waals surface area (Å²) in [5.41, 5.74) is 0.341. The van der Waals surface area contributed by atoms with Crippen LogP contribution in [0.2, 0.25) is 5.02 Å². The van der Waals surface area contributed by atoms with E-state index < -0.39 is 0 Å². The Bertz CT molecular complexity index is 446. The first-order valence-corrected chi connectivity index (χ1v) is 7.01. The lowest BCUT2D eigenvalue weighted by Gasteiger charge is -2.11. The van der Waals surface area contributed by atoms with E-state index in [1.54, 1.807) is 6.20 Å². The van der Waals surface area contributed by atoms with Crippen LogP contribution >= 0.6 is 11.6 Å². The fourth-order valence-corrected chi connectivity index (χ4v) is 1.82. The fourth-order valence-electron chi connectivity index (χ4n) is 1.61. The third-order valence-corrected chi connectivity index (χ3v) is 2.87. The molecule has 0 saturated heterocycles. The highest BCUT2D eigenvalue weighted by atomic mass is 35.5. The van der Waals surface area contributed by atoms with Crippen LogP contribution in [0, 0.1) is 5.92 Å². The summed E-state index contributed by atoms with van der Waals surface area (Å²) in [5.74, 6) is 0.353. The van der Waals surface area contributed by atoms with Gasteiger partial charge in [0, 0.05) is 26.3 Å². The molecule has 108 valence electrons. The first-order valence-electron chi connectivity index (χ1n) is 6.63. The van der Waals surface area contributed by atoms with Crippen molar-refractivity contribution in [3.63, 3.8) is 0 Å². The van der Waals surface area contributed by atoms with Gasteiger partial charge in [-0.25, -0.2) is 4.68 Å². The zero-order valence-corrected chi connectivity index (χ0v) is 12.5. The van der Waals surface area contributed by atoms with Crippen LogP contribution in [0.4, 0.5) is 5.69 Å². The first kappa shape index (κ1) is 16.0. The van der Waals surface area contributed by atoms with E-state index in [4.69, 9.17) is 16.3 Å². The van der Waals surface area contributed by atoms with Crippen molar-refractivity contribution in [3.05, 3.63) is 21.6 Å². The Kier molecular flexibility index (Phi) is 6.87. The topological polar surface area (TPSA) is 56.1 Å². The molecule has 0 amide bonds. The Balaban J connectivity index is 2.61. The maximum Gasteiger partial charge on any atom is 0.287 e. The molecule has 0 aliphatic carbocycles. The highest BCUT2D eigenvalue weighted by Crippen LogP contribution is 2.15. The molecular weight excluding hydrogens is 266 g/mol. The Morgan fingerprint density at radius 3 is 2.89 bits per heavy atom. The van der Waals surface area contributed by atoms with Crippen LogP contribution in [0.15, 0.2) is 11.0 Å². The second-order valence-electron chi connectivity index (χ2n) is 4.73. The largest absolute Gasteiger partial charge is 0.382 e. The third-order valence-electron chi connectivity index (χ3n) is 2.51. The van der Waals surface area contributed by atoms with E-state index in [9.17, 15) is 4.79 Å². The van der Waals surface area contributed by atoms with Crippen molar-refractivity contribution in [1.29, 1.82) is 0 Å². The van der Waals surface area contributed by atoms with Crippen molar-refractivity contribution in [3.8, 4) is 0 Å². The Labute approximate surface area is 118 Å². The molecule has 0 bridgehead atoms. The Hall–Kier alpha value is -1.07. The van der Waals surface area contributed by atoms with Crippen LogP contribution in [-0.2, 0) is 11.3 Å². The van der Waals surface area contributed by atoms with Gasteiger partial charge >= 0.3 is 0 Å². The van der Waals surface area contributed by atoms with Crippen LogP contribution in [0.5, 0.6) is 0 Å². The minimum Gasteiger partial charge on any atom is -0.382 e. The summed E-state index contributed by atoms with van der Waals surface area (Å²) in [5, 5.41) is 7.43. The highest BCUT2D eigenvalue weighted by molar-refractivity contribution is 6.32.